The monoisotopic (exact) mass is 800 g/mol. The molecule has 56 heavy (non-hydrogen) atoms. The smallest absolute Gasteiger partial charge is 0.258 e. The summed E-state index contributed by atoms with van der Waals surface area (Å²) in [4.78, 5) is 50.2. The number of amides is 2. The summed E-state index contributed by atoms with van der Waals surface area (Å²) in [6, 6.07) is 21.9. The van der Waals surface area contributed by atoms with Crippen molar-refractivity contribution in [1.29, 1.82) is 0 Å². The number of azo groups is 2. The van der Waals surface area contributed by atoms with Crippen LogP contribution in [0.15, 0.2) is 127 Å². The first-order valence-electron chi connectivity index (χ1n) is 16.8. The minimum absolute atomic E-state index is 0.0491. The molecule has 18 heteroatoms. The van der Waals surface area contributed by atoms with Gasteiger partial charge in [-0.3, -0.25) is 19.2 Å². The highest BCUT2D eigenvalue weighted by molar-refractivity contribution is 7.89. The van der Waals surface area contributed by atoms with Crippen LogP contribution in [0.4, 0.5) is 22.7 Å². The Balaban J connectivity index is 1.33. The number of nitrogens with zero attached hydrogens (tertiary/aromatic N) is 6. The second-order valence-electron chi connectivity index (χ2n) is 12.6. The van der Waals surface area contributed by atoms with Gasteiger partial charge in [-0.15, -0.1) is 0 Å². The number of hydrogen-bond donors (Lipinski definition) is 2. The summed E-state index contributed by atoms with van der Waals surface area (Å²) < 4.78 is 51.3. The van der Waals surface area contributed by atoms with Crippen LogP contribution in [0.1, 0.15) is 25.0 Å². The molecule has 0 fully saturated rings. The Morgan fingerprint density at radius 3 is 1.09 bits per heavy atom. The van der Waals surface area contributed by atoms with Crippen molar-refractivity contribution < 1.29 is 36.0 Å². The average molecular weight is 801 g/mol. The van der Waals surface area contributed by atoms with Crippen LogP contribution in [0, 0.1) is 0 Å². The Kier molecular flexibility index (Phi) is 14.1. The van der Waals surface area contributed by atoms with Crippen LogP contribution < -0.4 is 10.6 Å². The van der Waals surface area contributed by atoms with Gasteiger partial charge in [-0.05, 0) is 97.8 Å². The molecule has 0 spiro atoms. The number of sulfonamides is 2. The number of carbonyl (C=O) groups excluding carboxylic acids is 4. The zero-order valence-corrected chi connectivity index (χ0v) is 32.9. The van der Waals surface area contributed by atoms with Crippen molar-refractivity contribution in [3.8, 4) is 0 Å². The van der Waals surface area contributed by atoms with E-state index in [1.54, 1.807) is 48.5 Å². The third-order valence-corrected chi connectivity index (χ3v) is 11.6. The summed E-state index contributed by atoms with van der Waals surface area (Å²) in [6.07, 6.45) is 3.69. The Bertz CT molecular complexity index is 2210. The molecule has 292 valence electrons. The molecular weight excluding hydrogens is 761 g/mol. The summed E-state index contributed by atoms with van der Waals surface area (Å²) in [5, 5.41) is 21.1. The van der Waals surface area contributed by atoms with Crippen LogP contribution >= 0.6 is 0 Å². The molecule has 0 saturated heterocycles. The van der Waals surface area contributed by atoms with Crippen molar-refractivity contribution >= 4 is 78.3 Å². The Hall–Kier alpha value is -6.08. The molecule has 0 radical (unpaired) electrons. The fraction of sp³-hybridized carbons (Fsp3) is 0.211. The van der Waals surface area contributed by atoms with Crippen molar-refractivity contribution in [3.63, 3.8) is 0 Å². The van der Waals surface area contributed by atoms with E-state index in [1.807, 2.05) is 12.2 Å². The highest BCUT2D eigenvalue weighted by atomic mass is 32.2. The number of hydrogen-bond acceptors (Lipinski definition) is 12. The number of Topliss-reactive ketones (excluding diaryl/α,β-unsaturated/α-hetero) is 2. The Labute approximate surface area is 325 Å². The summed E-state index contributed by atoms with van der Waals surface area (Å²) in [5.74, 6) is -2.51. The maximum Gasteiger partial charge on any atom is 0.258 e. The Morgan fingerprint density at radius 1 is 0.518 bits per heavy atom. The quantitative estimate of drug-likeness (QED) is 0.0810. The average Bonchev–Trinajstić information content (AvgIpc) is 3.15. The van der Waals surface area contributed by atoms with Crippen LogP contribution in [0.5, 0.6) is 0 Å². The summed E-state index contributed by atoms with van der Waals surface area (Å²) in [6.45, 7) is 2.43. The molecule has 4 aromatic rings. The van der Waals surface area contributed by atoms with Crippen molar-refractivity contribution in [2.24, 2.45) is 20.5 Å². The number of carbonyl (C=O) groups is 4. The van der Waals surface area contributed by atoms with Gasteiger partial charge in [0.05, 0.1) is 21.2 Å². The van der Waals surface area contributed by atoms with Crippen LogP contribution in [0.3, 0.4) is 0 Å². The molecule has 0 saturated carbocycles. The second kappa shape index (κ2) is 18.5. The van der Waals surface area contributed by atoms with E-state index < -0.39 is 55.5 Å². The van der Waals surface area contributed by atoms with E-state index in [9.17, 15) is 36.0 Å². The molecule has 0 bridgehead atoms. The highest BCUT2D eigenvalue weighted by Crippen LogP contribution is 2.21. The molecule has 2 amide bonds. The van der Waals surface area contributed by atoms with Gasteiger partial charge in [-0.1, -0.05) is 36.4 Å². The lowest BCUT2D eigenvalue weighted by atomic mass is 10.1. The molecule has 0 aliphatic carbocycles. The largest absolute Gasteiger partial charge is 0.324 e. The maximum atomic E-state index is 12.8. The third kappa shape index (κ3) is 11.2. The second-order valence-corrected chi connectivity index (χ2v) is 16.9. The van der Waals surface area contributed by atoms with E-state index in [-0.39, 0.29) is 21.2 Å². The van der Waals surface area contributed by atoms with E-state index in [2.05, 4.69) is 31.1 Å². The SMILES string of the molecule is CC(=O)C(N=Nc1ccc(C=Cc2ccc(N=NC(C(C)=O)C(=O)Nc3ccc(S(=O)(=O)N(C)C)cc3)cc2)cc1)C(=O)Nc1ccc(S(=O)(=O)N(C)C)cc1. The lowest BCUT2D eigenvalue weighted by Crippen LogP contribution is -2.31. The number of anilines is 2. The Morgan fingerprint density at radius 2 is 0.821 bits per heavy atom. The normalized spacial score (nSPS) is 13.4. The summed E-state index contributed by atoms with van der Waals surface area (Å²) in [7, 11) is -1.64. The van der Waals surface area contributed by atoms with Gasteiger partial charge in [0.25, 0.3) is 11.8 Å². The van der Waals surface area contributed by atoms with Gasteiger partial charge in [0.1, 0.15) is 0 Å². The van der Waals surface area contributed by atoms with Crippen LogP contribution in [-0.2, 0) is 39.2 Å². The molecule has 0 aromatic heterocycles. The van der Waals surface area contributed by atoms with Gasteiger partial charge in [0.2, 0.25) is 32.1 Å². The number of ketones is 2. The molecule has 4 aromatic carbocycles. The van der Waals surface area contributed by atoms with Gasteiger partial charge in [-0.25, -0.2) is 25.4 Å². The first-order valence-corrected chi connectivity index (χ1v) is 19.6. The van der Waals surface area contributed by atoms with E-state index in [4.69, 9.17) is 0 Å². The molecule has 4 rings (SSSR count). The van der Waals surface area contributed by atoms with Gasteiger partial charge in [0, 0.05) is 39.6 Å². The summed E-state index contributed by atoms with van der Waals surface area (Å²) in [5.41, 5.74) is 3.01. The number of rotatable bonds is 16. The molecule has 16 nitrogen and oxygen atoms in total. The van der Waals surface area contributed by atoms with Crippen LogP contribution in [-0.4, -0.2) is 89.1 Å². The van der Waals surface area contributed by atoms with Crippen LogP contribution in [0.25, 0.3) is 12.2 Å². The molecule has 2 N–H and O–H groups in total. The molecule has 0 heterocycles. The zero-order valence-electron chi connectivity index (χ0n) is 31.3. The molecule has 2 unspecified atom stereocenters. The number of nitrogens with one attached hydrogen (secondary N) is 2. The van der Waals surface area contributed by atoms with Gasteiger partial charge in [0.15, 0.2) is 11.6 Å². The third-order valence-electron chi connectivity index (χ3n) is 7.90. The first kappa shape index (κ1) is 42.7. The molecule has 0 aliphatic heterocycles. The van der Waals surface area contributed by atoms with Crippen molar-refractivity contribution in [2.45, 2.75) is 35.7 Å². The first-order chi connectivity index (χ1) is 26.4. The van der Waals surface area contributed by atoms with Gasteiger partial charge < -0.3 is 10.6 Å². The molecular formula is C38H40N8O8S2. The zero-order chi connectivity index (χ0) is 41.2. The van der Waals surface area contributed by atoms with Crippen LogP contribution in [0.2, 0.25) is 0 Å². The van der Waals surface area contributed by atoms with Gasteiger partial charge in [-0.2, -0.15) is 20.5 Å². The highest BCUT2D eigenvalue weighted by Gasteiger charge is 2.25. The van der Waals surface area contributed by atoms with Crippen molar-refractivity contribution in [2.75, 3.05) is 38.8 Å². The minimum atomic E-state index is -3.64. The van der Waals surface area contributed by atoms with E-state index in [0.29, 0.717) is 11.4 Å². The fourth-order valence-corrected chi connectivity index (χ4v) is 6.45. The van der Waals surface area contributed by atoms with E-state index in [0.717, 1.165) is 19.7 Å². The van der Waals surface area contributed by atoms with Crippen molar-refractivity contribution in [3.05, 3.63) is 108 Å². The minimum Gasteiger partial charge on any atom is -0.324 e. The van der Waals surface area contributed by atoms with E-state index >= 15 is 0 Å². The predicted molar refractivity (Wildman–Crippen MR) is 212 cm³/mol. The fourth-order valence-electron chi connectivity index (χ4n) is 4.65. The topological polar surface area (TPSA) is 217 Å². The van der Waals surface area contributed by atoms with E-state index in [1.165, 1.54) is 90.6 Å². The standard InChI is InChI=1S/C38H40N8O8S2/c1-25(47)35(37(49)39-29-17-21-33(22-18-29)55(51,52)45(3)4)43-41-31-13-9-27(10-14-31)7-8-28-11-15-32(16-12-28)42-44-36(26(2)48)38(50)40-30-19-23-34(24-20-30)56(53,54)46(5)6/h7-24,35-36H,1-6H3,(H,39,49)(H,40,50). The lowest BCUT2D eigenvalue weighted by molar-refractivity contribution is -0.127. The molecule has 2 atom stereocenters. The van der Waals surface area contributed by atoms with Crippen molar-refractivity contribution in [1.82, 2.24) is 8.61 Å². The lowest BCUT2D eigenvalue weighted by Gasteiger charge is -2.13. The predicted octanol–water partition coefficient (Wildman–Crippen LogP) is 5.72. The maximum absolute atomic E-state index is 12.8. The van der Waals surface area contributed by atoms with Gasteiger partial charge >= 0.3 is 0 Å². The summed E-state index contributed by atoms with van der Waals surface area (Å²) >= 11 is 0. The number of benzene rings is 4. The molecule has 0 aliphatic rings.